The maximum atomic E-state index is 10.4. The maximum absolute atomic E-state index is 10.4. The summed E-state index contributed by atoms with van der Waals surface area (Å²) in [6.45, 7) is 2.81. The highest BCUT2D eigenvalue weighted by Gasteiger charge is 2.08. The van der Waals surface area contributed by atoms with Crippen LogP contribution >= 0.6 is 0 Å². The summed E-state index contributed by atoms with van der Waals surface area (Å²) in [5.74, 6) is 0.821. The van der Waals surface area contributed by atoms with E-state index in [0.29, 0.717) is 6.61 Å². The molecule has 0 radical (unpaired) electrons. The van der Waals surface area contributed by atoms with Gasteiger partial charge >= 0.3 is 0 Å². The van der Waals surface area contributed by atoms with Gasteiger partial charge in [0.2, 0.25) is 0 Å². The minimum Gasteiger partial charge on any atom is -0.489 e. The zero-order chi connectivity index (χ0) is 18.5. The number of aliphatic hydroxyl groups excluding tert-OH is 1. The van der Waals surface area contributed by atoms with Crippen LogP contribution in [0.3, 0.4) is 0 Å². The van der Waals surface area contributed by atoms with Crippen LogP contribution in [0.4, 0.5) is 0 Å². The van der Waals surface area contributed by atoms with Crippen molar-refractivity contribution >= 4 is 0 Å². The topological polar surface area (TPSA) is 29.5 Å². The molecule has 0 amide bonds. The van der Waals surface area contributed by atoms with Crippen molar-refractivity contribution in [1.82, 2.24) is 0 Å². The zero-order valence-corrected chi connectivity index (χ0v) is 16.2. The van der Waals surface area contributed by atoms with Gasteiger partial charge in [-0.1, -0.05) is 101 Å². The smallest absolute Gasteiger partial charge is 0.120 e. The van der Waals surface area contributed by atoms with E-state index in [-0.39, 0.29) is 0 Å². The van der Waals surface area contributed by atoms with Crippen LogP contribution in [0.2, 0.25) is 0 Å². The molecule has 1 unspecified atom stereocenters. The molecular formula is C24H34O2. The Morgan fingerprint density at radius 3 is 2.23 bits per heavy atom. The Hall–Kier alpha value is -1.80. The second-order valence-electron chi connectivity index (χ2n) is 7.13. The van der Waals surface area contributed by atoms with Gasteiger partial charge in [0.1, 0.15) is 12.4 Å². The van der Waals surface area contributed by atoms with Crippen molar-refractivity contribution in [1.29, 1.82) is 0 Å². The Bertz CT molecular complexity index is 594. The first-order valence-electron chi connectivity index (χ1n) is 10.2. The largest absolute Gasteiger partial charge is 0.489 e. The van der Waals surface area contributed by atoms with E-state index in [2.05, 4.69) is 19.1 Å². The first kappa shape index (κ1) is 20.5. The summed E-state index contributed by atoms with van der Waals surface area (Å²) in [7, 11) is 0. The lowest BCUT2D eigenvalue weighted by Gasteiger charge is -2.13. The van der Waals surface area contributed by atoms with Gasteiger partial charge in [-0.3, -0.25) is 0 Å². The molecule has 0 aliphatic heterocycles. The van der Waals surface area contributed by atoms with E-state index in [0.717, 1.165) is 29.7 Å². The summed E-state index contributed by atoms with van der Waals surface area (Å²) in [4.78, 5) is 0. The summed E-state index contributed by atoms with van der Waals surface area (Å²) in [5.41, 5.74) is 2.11. The fourth-order valence-corrected chi connectivity index (χ4v) is 3.19. The molecule has 2 rings (SSSR count). The standard InChI is InChI=1S/C24H34O2/c1-2-3-4-5-6-7-8-12-18-24(25)22-16-13-17-23(19-22)26-20-21-14-10-9-11-15-21/h9-11,13-17,19,24-25H,2-8,12,18,20H2,1H3. The lowest BCUT2D eigenvalue weighted by Crippen LogP contribution is -2.00. The monoisotopic (exact) mass is 354 g/mol. The van der Waals surface area contributed by atoms with Crippen molar-refractivity contribution in [2.45, 2.75) is 77.4 Å². The molecule has 2 nitrogen and oxygen atoms in total. The summed E-state index contributed by atoms with van der Waals surface area (Å²) in [6.07, 6.45) is 10.8. The lowest BCUT2D eigenvalue weighted by molar-refractivity contribution is 0.162. The molecule has 2 aromatic rings. The van der Waals surface area contributed by atoms with Gasteiger partial charge in [-0.25, -0.2) is 0 Å². The van der Waals surface area contributed by atoms with Crippen molar-refractivity contribution < 1.29 is 9.84 Å². The summed E-state index contributed by atoms with van der Waals surface area (Å²) in [6, 6.07) is 18.0. The lowest BCUT2D eigenvalue weighted by atomic mass is 10.0. The fraction of sp³-hybridized carbons (Fsp3) is 0.500. The van der Waals surface area contributed by atoms with Gasteiger partial charge in [-0.2, -0.15) is 0 Å². The molecule has 1 N–H and O–H groups in total. The van der Waals surface area contributed by atoms with Gasteiger partial charge < -0.3 is 9.84 Å². The third-order valence-corrected chi connectivity index (χ3v) is 4.82. The SMILES string of the molecule is CCCCCCCCCCC(O)c1cccc(OCc2ccccc2)c1. The molecular weight excluding hydrogens is 320 g/mol. The van der Waals surface area contributed by atoms with Crippen molar-refractivity contribution in [2.75, 3.05) is 0 Å². The van der Waals surface area contributed by atoms with E-state index < -0.39 is 6.10 Å². The second-order valence-corrected chi connectivity index (χ2v) is 7.13. The predicted molar refractivity (Wildman–Crippen MR) is 109 cm³/mol. The van der Waals surface area contributed by atoms with E-state index in [4.69, 9.17) is 4.74 Å². The molecule has 0 saturated heterocycles. The Kier molecular flexibility index (Phi) is 9.89. The average molecular weight is 355 g/mol. The number of aliphatic hydroxyl groups is 1. The number of benzene rings is 2. The van der Waals surface area contributed by atoms with Gasteiger partial charge in [0.15, 0.2) is 0 Å². The van der Waals surface area contributed by atoms with Crippen LogP contribution < -0.4 is 4.74 Å². The molecule has 1 atom stereocenters. The molecule has 0 aliphatic rings. The first-order valence-corrected chi connectivity index (χ1v) is 10.2. The van der Waals surface area contributed by atoms with Crippen LogP contribution in [0.15, 0.2) is 54.6 Å². The van der Waals surface area contributed by atoms with Gasteiger partial charge in [0.25, 0.3) is 0 Å². The van der Waals surface area contributed by atoms with Crippen LogP contribution in [-0.4, -0.2) is 5.11 Å². The number of hydrogen-bond acceptors (Lipinski definition) is 2. The molecule has 142 valence electrons. The third kappa shape index (κ3) is 8.05. The van der Waals surface area contributed by atoms with Crippen molar-refractivity contribution in [3.63, 3.8) is 0 Å². The van der Waals surface area contributed by atoms with Crippen molar-refractivity contribution in [3.05, 3.63) is 65.7 Å². The van der Waals surface area contributed by atoms with Gasteiger partial charge in [-0.05, 0) is 29.7 Å². The molecule has 26 heavy (non-hydrogen) atoms. The quantitative estimate of drug-likeness (QED) is 0.399. The highest BCUT2D eigenvalue weighted by Crippen LogP contribution is 2.24. The minimum atomic E-state index is -0.393. The molecule has 0 saturated carbocycles. The summed E-state index contributed by atoms with van der Waals surface area (Å²) in [5, 5.41) is 10.4. The summed E-state index contributed by atoms with van der Waals surface area (Å²) < 4.78 is 5.86. The van der Waals surface area contributed by atoms with Crippen LogP contribution in [0.5, 0.6) is 5.75 Å². The number of rotatable bonds is 13. The van der Waals surface area contributed by atoms with E-state index in [1.807, 2.05) is 42.5 Å². The molecule has 2 heteroatoms. The first-order chi connectivity index (χ1) is 12.8. The number of unbranched alkanes of at least 4 members (excludes halogenated alkanes) is 7. The fourth-order valence-electron chi connectivity index (χ4n) is 3.19. The van der Waals surface area contributed by atoms with Gasteiger partial charge in [-0.15, -0.1) is 0 Å². The number of hydrogen-bond donors (Lipinski definition) is 1. The molecule has 2 aromatic carbocycles. The third-order valence-electron chi connectivity index (χ3n) is 4.82. The van der Waals surface area contributed by atoms with E-state index in [1.54, 1.807) is 0 Å². The normalized spacial score (nSPS) is 12.1. The van der Waals surface area contributed by atoms with E-state index in [9.17, 15) is 5.11 Å². The van der Waals surface area contributed by atoms with Crippen molar-refractivity contribution in [3.8, 4) is 5.75 Å². The van der Waals surface area contributed by atoms with Gasteiger partial charge in [0.05, 0.1) is 6.10 Å². The molecule has 0 fully saturated rings. The second kappa shape index (κ2) is 12.5. The van der Waals surface area contributed by atoms with Gasteiger partial charge in [0, 0.05) is 0 Å². The molecule has 0 bridgehead atoms. The van der Waals surface area contributed by atoms with E-state index >= 15 is 0 Å². The molecule has 0 aliphatic carbocycles. The van der Waals surface area contributed by atoms with Crippen molar-refractivity contribution in [2.24, 2.45) is 0 Å². The van der Waals surface area contributed by atoms with Crippen LogP contribution in [0.25, 0.3) is 0 Å². The molecule has 0 spiro atoms. The molecule has 0 aromatic heterocycles. The van der Waals surface area contributed by atoms with Crippen LogP contribution in [0.1, 0.15) is 81.9 Å². The highest BCUT2D eigenvalue weighted by molar-refractivity contribution is 5.30. The predicted octanol–water partition coefficient (Wildman–Crippen LogP) is 6.83. The Morgan fingerprint density at radius 2 is 1.50 bits per heavy atom. The number of ether oxygens (including phenoxy) is 1. The average Bonchev–Trinajstić information content (AvgIpc) is 2.69. The maximum Gasteiger partial charge on any atom is 0.120 e. The van der Waals surface area contributed by atoms with Crippen LogP contribution in [0, 0.1) is 0 Å². The highest BCUT2D eigenvalue weighted by atomic mass is 16.5. The minimum absolute atomic E-state index is 0.393. The van der Waals surface area contributed by atoms with Crippen LogP contribution in [-0.2, 0) is 6.61 Å². The molecule has 0 heterocycles. The Morgan fingerprint density at radius 1 is 0.808 bits per heavy atom. The summed E-state index contributed by atoms with van der Waals surface area (Å²) >= 11 is 0. The van der Waals surface area contributed by atoms with E-state index in [1.165, 1.54) is 44.9 Å². The Labute approximate surface area is 159 Å². The zero-order valence-electron chi connectivity index (χ0n) is 16.2. The Balaban J connectivity index is 1.67.